The molecule has 6 nitrogen and oxygen atoms in total. The minimum Gasteiger partial charge on any atom is -0.333 e. The predicted octanol–water partition coefficient (Wildman–Crippen LogP) is 3.75. The SMILES string of the molecule is CCN(Cc1ccccc1)C(=O)c1ccnc(Nc2ccc(C#N)cc2)n1. The van der Waals surface area contributed by atoms with E-state index in [9.17, 15) is 4.79 Å². The van der Waals surface area contributed by atoms with E-state index in [1.54, 1.807) is 41.4 Å². The molecule has 1 N–H and O–H groups in total. The third-order valence-electron chi connectivity index (χ3n) is 4.03. The summed E-state index contributed by atoms with van der Waals surface area (Å²) in [5, 5.41) is 11.9. The van der Waals surface area contributed by atoms with Crippen LogP contribution in [-0.2, 0) is 6.54 Å². The maximum Gasteiger partial charge on any atom is 0.272 e. The Bertz CT molecular complexity index is 948. The summed E-state index contributed by atoms with van der Waals surface area (Å²) >= 11 is 0. The lowest BCUT2D eigenvalue weighted by atomic mass is 10.2. The minimum atomic E-state index is -0.147. The molecule has 0 fully saturated rings. The first-order chi connectivity index (χ1) is 13.2. The summed E-state index contributed by atoms with van der Waals surface area (Å²) in [5.41, 5.74) is 2.72. The molecule has 1 heterocycles. The van der Waals surface area contributed by atoms with E-state index < -0.39 is 0 Å². The Morgan fingerprint density at radius 1 is 1.11 bits per heavy atom. The molecule has 3 aromatic rings. The van der Waals surface area contributed by atoms with Crippen molar-refractivity contribution in [1.82, 2.24) is 14.9 Å². The normalized spacial score (nSPS) is 10.1. The van der Waals surface area contributed by atoms with Crippen molar-refractivity contribution in [3.05, 3.63) is 83.7 Å². The zero-order valence-electron chi connectivity index (χ0n) is 15.0. The minimum absolute atomic E-state index is 0.147. The van der Waals surface area contributed by atoms with E-state index in [-0.39, 0.29) is 5.91 Å². The fourth-order valence-corrected chi connectivity index (χ4v) is 2.59. The molecule has 2 aromatic carbocycles. The third-order valence-corrected chi connectivity index (χ3v) is 4.03. The van der Waals surface area contributed by atoms with Crippen LogP contribution in [0, 0.1) is 11.3 Å². The van der Waals surface area contributed by atoms with Gasteiger partial charge < -0.3 is 10.2 Å². The van der Waals surface area contributed by atoms with Gasteiger partial charge in [0, 0.05) is 25.0 Å². The summed E-state index contributed by atoms with van der Waals surface area (Å²) in [6, 6.07) is 20.5. The molecule has 134 valence electrons. The Morgan fingerprint density at radius 2 is 1.85 bits per heavy atom. The van der Waals surface area contributed by atoms with E-state index in [1.807, 2.05) is 37.3 Å². The average molecular weight is 357 g/mol. The van der Waals surface area contributed by atoms with Crippen LogP contribution in [0.3, 0.4) is 0 Å². The number of anilines is 2. The second-order valence-corrected chi connectivity index (χ2v) is 5.88. The first kappa shape index (κ1) is 18.1. The second kappa shape index (κ2) is 8.59. The van der Waals surface area contributed by atoms with Gasteiger partial charge in [0.2, 0.25) is 5.95 Å². The van der Waals surface area contributed by atoms with Crippen LogP contribution in [0.15, 0.2) is 66.9 Å². The molecule has 0 bridgehead atoms. The fourth-order valence-electron chi connectivity index (χ4n) is 2.59. The molecule has 0 aliphatic carbocycles. The van der Waals surface area contributed by atoms with Gasteiger partial charge in [0.05, 0.1) is 11.6 Å². The van der Waals surface area contributed by atoms with Crippen molar-refractivity contribution >= 4 is 17.5 Å². The number of nitriles is 1. The second-order valence-electron chi connectivity index (χ2n) is 5.88. The molecular weight excluding hydrogens is 338 g/mol. The summed E-state index contributed by atoms with van der Waals surface area (Å²) in [6.45, 7) is 3.05. The van der Waals surface area contributed by atoms with Crippen LogP contribution in [0.1, 0.15) is 28.5 Å². The molecule has 0 aliphatic rings. The van der Waals surface area contributed by atoms with Crippen LogP contribution >= 0.6 is 0 Å². The molecule has 1 amide bonds. The zero-order chi connectivity index (χ0) is 19.1. The van der Waals surface area contributed by atoms with Crippen molar-refractivity contribution in [3.8, 4) is 6.07 Å². The number of nitrogens with one attached hydrogen (secondary N) is 1. The van der Waals surface area contributed by atoms with Crippen molar-refractivity contribution in [1.29, 1.82) is 5.26 Å². The average Bonchev–Trinajstić information content (AvgIpc) is 2.73. The standard InChI is InChI=1S/C21H19N5O/c1-2-26(15-17-6-4-3-5-7-17)20(27)19-12-13-23-21(25-19)24-18-10-8-16(14-22)9-11-18/h3-13H,2,15H2,1H3,(H,23,24,25). The molecule has 0 saturated carbocycles. The molecule has 1 aromatic heterocycles. The Morgan fingerprint density at radius 3 is 2.52 bits per heavy atom. The smallest absolute Gasteiger partial charge is 0.272 e. The van der Waals surface area contributed by atoms with Gasteiger partial charge in [-0.3, -0.25) is 4.79 Å². The van der Waals surface area contributed by atoms with Crippen molar-refractivity contribution in [2.75, 3.05) is 11.9 Å². The molecule has 6 heteroatoms. The lowest BCUT2D eigenvalue weighted by molar-refractivity contribution is 0.0746. The molecule has 0 spiro atoms. The van der Waals surface area contributed by atoms with Crippen molar-refractivity contribution in [2.24, 2.45) is 0 Å². The molecule has 0 saturated heterocycles. The van der Waals surface area contributed by atoms with Crippen LogP contribution in [0.4, 0.5) is 11.6 Å². The number of rotatable bonds is 6. The van der Waals surface area contributed by atoms with Gasteiger partial charge >= 0.3 is 0 Å². The molecule has 0 unspecified atom stereocenters. The Kier molecular flexibility index (Phi) is 5.75. The highest BCUT2D eigenvalue weighted by Crippen LogP contribution is 2.15. The molecular formula is C21H19N5O. The van der Waals surface area contributed by atoms with Crippen LogP contribution in [0.5, 0.6) is 0 Å². The lowest BCUT2D eigenvalue weighted by Crippen LogP contribution is -2.31. The van der Waals surface area contributed by atoms with Crippen LogP contribution in [-0.4, -0.2) is 27.3 Å². The summed E-state index contributed by atoms with van der Waals surface area (Å²) < 4.78 is 0. The number of benzene rings is 2. The molecule has 0 atom stereocenters. The number of amides is 1. The molecule has 27 heavy (non-hydrogen) atoms. The highest BCUT2D eigenvalue weighted by atomic mass is 16.2. The van der Waals surface area contributed by atoms with Gasteiger partial charge in [0.25, 0.3) is 5.91 Å². The maximum atomic E-state index is 12.8. The van der Waals surface area contributed by atoms with E-state index >= 15 is 0 Å². The number of hydrogen-bond donors (Lipinski definition) is 1. The Labute approximate surface area is 158 Å². The number of carbonyl (C=O) groups is 1. The largest absolute Gasteiger partial charge is 0.333 e. The quantitative estimate of drug-likeness (QED) is 0.726. The van der Waals surface area contributed by atoms with E-state index in [0.29, 0.717) is 30.3 Å². The molecule has 0 radical (unpaired) electrons. The van der Waals surface area contributed by atoms with Gasteiger partial charge in [0.1, 0.15) is 5.69 Å². The van der Waals surface area contributed by atoms with Gasteiger partial charge in [-0.25, -0.2) is 9.97 Å². The maximum absolute atomic E-state index is 12.8. The highest BCUT2D eigenvalue weighted by Gasteiger charge is 2.16. The van der Waals surface area contributed by atoms with E-state index in [2.05, 4.69) is 21.4 Å². The van der Waals surface area contributed by atoms with E-state index in [4.69, 9.17) is 5.26 Å². The van der Waals surface area contributed by atoms with Crippen LogP contribution < -0.4 is 5.32 Å². The van der Waals surface area contributed by atoms with Crippen LogP contribution in [0.2, 0.25) is 0 Å². The molecule has 3 rings (SSSR count). The third kappa shape index (κ3) is 4.67. The monoisotopic (exact) mass is 357 g/mol. The van der Waals surface area contributed by atoms with Crippen LogP contribution in [0.25, 0.3) is 0 Å². The summed E-state index contributed by atoms with van der Waals surface area (Å²) in [7, 11) is 0. The number of aromatic nitrogens is 2. The summed E-state index contributed by atoms with van der Waals surface area (Å²) in [4.78, 5) is 23.1. The zero-order valence-corrected chi connectivity index (χ0v) is 15.0. The van der Waals surface area contributed by atoms with Gasteiger partial charge in [0.15, 0.2) is 0 Å². The van der Waals surface area contributed by atoms with E-state index in [1.165, 1.54) is 0 Å². The Balaban J connectivity index is 1.74. The highest BCUT2D eigenvalue weighted by molar-refractivity contribution is 5.92. The van der Waals surface area contributed by atoms with Gasteiger partial charge in [-0.15, -0.1) is 0 Å². The predicted molar refractivity (Wildman–Crippen MR) is 103 cm³/mol. The number of carbonyl (C=O) groups excluding carboxylic acids is 1. The van der Waals surface area contributed by atoms with Gasteiger partial charge in [-0.05, 0) is 42.8 Å². The van der Waals surface area contributed by atoms with Crippen molar-refractivity contribution < 1.29 is 4.79 Å². The van der Waals surface area contributed by atoms with Crippen molar-refractivity contribution in [3.63, 3.8) is 0 Å². The lowest BCUT2D eigenvalue weighted by Gasteiger charge is -2.20. The van der Waals surface area contributed by atoms with Crippen molar-refractivity contribution in [2.45, 2.75) is 13.5 Å². The summed E-state index contributed by atoms with van der Waals surface area (Å²) in [6.07, 6.45) is 1.56. The number of nitrogens with zero attached hydrogens (tertiary/aromatic N) is 4. The molecule has 0 aliphatic heterocycles. The van der Waals surface area contributed by atoms with Gasteiger partial charge in [-0.1, -0.05) is 30.3 Å². The fraction of sp³-hybridized carbons (Fsp3) is 0.143. The van der Waals surface area contributed by atoms with Gasteiger partial charge in [-0.2, -0.15) is 5.26 Å². The summed E-state index contributed by atoms with van der Waals surface area (Å²) in [5.74, 6) is 0.188. The Hall–Kier alpha value is -3.72. The number of hydrogen-bond acceptors (Lipinski definition) is 5. The van der Waals surface area contributed by atoms with E-state index in [0.717, 1.165) is 11.3 Å². The first-order valence-corrected chi connectivity index (χ1v) is 8.63. The first-order valence-electron chi connectivity index (χ1n) is 8.63. The topological polar surface area (TPSA) is 81.9 Å².